The smallest absolute Gasteiger partial charge is 0.461 e. The zero-order valence-electron chi connectivity index (χ0n) is 29.8. The molecule has 2 aliphatic rings. The third-order valence-corrected chi connectivity index (χ3v) is 6.76. The molecule has 0 spiro atoms. The maximum absolute atomic E-state index is 11.7. The highest BCUT2D eigenvalue weighted by Gasteiger charge is 2.22. The Morgan fingerprint density at radius 1 is 0.745 bits per heavy atom. The van der Waals surface area contributed by atoms with E-state index in [0.29, 0.717) is 44.5 Å². The summed E-state index contributed by atoms with van der Waals surface area (Å²) in [6.45, 7) is 8.06. The van der Waals surface area contributed by atoms with Crippen LogP contribution in [0.1, 0.15) is 70.4 Å². The Bertz CT molecular complexity index is 1270. The van der Waals surface area contributed by atoms with E-state index in [2.05, 4.69) is 16.4 Å². The molecule has 0 aromatic heterocycles. The van der Waals surface area contributed by atoms with Crippen molar-refractivity contribution < 1.29 is 66.7 Å². The molecular formula is C37H50O14. The zero-order chi connectivity index (χ0) is 37.7. The Balaban J connectivity index is 0.000000467. The van der Waals surface area contributed by atoms with Gasteiger partial charge in [0.25, 0.3) is 0 Å². The van der Waals surface area contributed by atoms with E-state index < -0.39 is 18.4 Å². The van der Waals surface area contributed by atoms with Crippen molar-refractivity contribution in [2.75, 3.05) is 33.5 Å². The summed E-state index contributed by atoms with van der Waals surface area (Å²) in [5.41, 5.74) is 1.98. The van der Waals surface area contributed by atoms with Gasteiger partial charge < -0.3 is 37.9 Å². The normalized spacial score (nSPS) is 15.8. The molecule has 14 nitrogen and oxygen atoms in total. The van der Waals surface area contributed by atoms with Gasteiger partial charge in [0.1, 0.15) is 25.9 Å². The van der Waals surface area contributed by atoms with Crippen molar-refractivity contribution in [3.8, 4) is 0 Å². The first kappa shape index (κ1) is 44.2. The molecule has 0 saturated carbocycles. The molecule has 2 aromatic carbocycles. The van der Waals surface area contributed by atoms with Gasteiger partial charge in [0.05, 0.1) is 39.1 Å². The Hall–Kier alpha value is -4.78. The number of carbonyl (C=O) groups is 4. The lowest BCUT2D eigenvalue weighted by atomic mass is 10.1. The van der Waals surface area contributed by atoms with Crippen LogP contribution in [0.5, 0.6) is 0 Å². The fraction of sp³-hybridized carbons (Fsp3) is 0.541. The average molecular weight is 719 g/mol. The lowest BCUT2D eigenvalue weighted by Crippen LogP contribution is -2.24. The molecule has 0 amide bonds. The van der Waals surface area contributed by atoms with Gasteiger partial charge in [-0.15, -0.1) is 0 Å². The second-order valence-corrected chi connectivity index (χ2v) is 11.6. The van der Waals surface area contributed by atoms with Gasteiger partial charge in [0.2, 0.25) is 0 Å². The fourth-order valence-electron chi connectivity index (χ4n) is 3.79. The summed E-state index contributed by atoms with van der Waals surface area (Å²) in [6.07, 6.45) is 2.87. The first-order valence-corrected chi connectivity index (χ1v) is 16.7. The molecule has 14 heteroatoms. The number of rotatable bonds is 17. The topological polar surface area (TPSA) is 183 Å². The van der Waals surface area contributed by atoms with E-state index in [9.17, 15) is 19.2 Å². The molecule has 2 fully saturated rings. The van der Waals surface area contributed by atoms with Crippen LogP contribution in [-0.2, 0) is 70.3 Å². The number of methoxy groups -OCH3 is 1. The molecule has 0 N–H and O–H groups in total. The third kappa shape index (κ3) is 27.7. The minimum atomic E-state index is -0.847. The molecule has 0 aliphatic carbocycles. The Morgan fingerprint density at radius 3 is 1.67 bits per heavy atom. The highest BCUT2D eigenvalue weighted by atomic mass is 16.7. The van der Waals surface area contributed by atoms with E-state index >= 15 is 0 Å². The molecule has 4 atom stereocenters. The van der Waals surface area contributed by atoms with E-state index in [-0.39, 0.29) is 43.8 Å². The summed E-state index contributed by atoms with van der Waals surface area (Å²) >= 11 is 0. The quantitative estimate of drug-likeness (QED) is 0.106. The molecule has 0 radical (unpaired) electrons. The lowest BCUT2D eigenvalue weighted by molar-refractivity contribution is -0.191. The highest BCUT2D eigenvalue weighted by molar-refractivity contribution is 5.69. The van der Waals surface area contributed by atoms with Crippen LogP contribution >= 0.6 is 0 Å². The van der Waals surface area contributed by atoms with E-state index in [1.165, 1.54) is 7.11 Å². The number of benzene rings is 2. The second kappa shape index (κ2) is 28.0. The lowest BCUT2D eigenvalue weighted by Gasteiger charge is -2.15. The number of hydrogen-bond acceptors (Lipinski definition) is 14. The Kier molecular flexibility index (Phi) is 24.3. The molecule has 282 valence electrons. The summed E-state index contributed by atoms with van der Waals surface area (Å²) in [5, 5.41) is 0. The molecule has 51 heavy (non-hydrogen) atoms. The van der Waals surface area contributed by atoms with Gasteiger partial charge in [-0.05, 0) is 56.6 Å². The summed E-state index contributed by atoms with van der Waals surface area (Å²) in [4.78, 5) is 61.8. The van der Waals surface area contributed by atoms with Crippen LogP contribution in [0.4, 0.5) is 9.59 Å². The van der Waals surface area contributed by atoms with Crippen LogP contribution in [-0.4, -0.2) is 82.3 Å². The molecule has 2 aliphatic heterocycles. The monoisotopic (exact) mass is 718 g/mol. The first-order valence-electron chi connectivity index (χ1n) is 16.7. The van der Waals surface area contributed by atoms with E-state index in [0.717, 1.165) is 37.2 Å². The van der Waals surface area contributed by atoms with Crippen LogP contribution in [0.2, 0.25) is 0 Å². The standard InChI is InChI=1S/C20H28O8.C13H16O3.C3H6O.CO2/c1-15(12-26-20(23)28-16(2)13-27-19(22)24-3)8-7-11-18(21)25-14-17-9-5-4-6-10-17;14-13(8-4-7-12-10-15-12)16-9-11-5-2-1-3-6-11;1-3-2-4-3;2-1-3/h4-6,9-10,15-16H,7-8,11-14H2,1-3H3;1-3,5-6,12H,4,7-10H2;3H,2H2,1H3;. The van der Waals surface area contributed by atoms with Crippen LogP contribution in [0.15, 0.2) is 60.7 Å². The highest BCUT2D eigenvalue weighted by Crippen LogP contribution is 2.17. The van der Waals surface area contributed by atoms with Crippen LogP contribution < -0.4 is 0 Å². The predicted molar refractivity (Wildman–Crippen MR) is 180 cm³/mol. The zero-order valence-corrected chi connectivity index (χ0v) is 29.8. The molecular weight excluding hydrogens is 668 g/mol. The summed E-state index contributed by atoms with van der Waals surface area (Å²) in [7, 11) is 1.19. The van der Waals surface area contributed by atoms with Gasteiger partial charge in [-0.2, -0.15) is 9.59 Å². The number of esters is 2. The van der Waals surface area contributed by atoms with Crippen molar-refractivity contribution in [2.24, 2.45) is 5.92 Å². The van der Waals surface area contributed by atoms with Crippen molar-refractivity contribution in [2.45, 2.75) is 90.8 Å². The molecule has 4 unspecified atom stereocenters. The van der Waals surface area contributed by atoms with Crippen LogP contribution in [0.3, 0.4) is 0 Å². The number of ether oxygens (including phenoxy) is 8. The Morgan fingerprint density at radius 2 is 1.22 bits per heavy atom. The summed E-state index contributed by atoms with van der Waals surface area (Å²) < 4.78 is 39.1. The van der Waals surface area contributed by atoms with Gasteiger partial charge >= 0.3 is 30.4 Å². The van der Waals surface area contributed by atoms with Gasteiger partial charge in [-0.1, -0.05) is 67.6 Å². The van der Waals surface area contributed by atoms with Gasteiger partial charge in [0, 0.05) is 12.8 Å². The predicted octanol–water partition coefficient (Wildman–Crippen LogP) is 5.98. The van der Waals surface area contributed by atoms with Crippen LogP contribution in [0.25, 0.3) is 0 Å². The van der Waals surface area contributed by atoms with Crippen molar-refractivity contribution in [1.29, 1.82) is 0 Å². The average Bonchev–Trinajstić information content (AvgIpc) is 4.08. The molecule has 2 heterocycles. The maximum Gasteiger partial charge on any atom is 0.508 e. The van der Waals surface area contributed by atoms with Gasteiger partial charge in [-0.3, -0.25) is 9.59 Å². The van der Waals surface area contributed by atoms with E-state index in [4.69, 9.17) is 38.0 Å². The minimum absolute atomic E-state index is 0.0658. The number of carbonyl (C=O) groups excluding carboxylic acids is 6. The fourth-order valence-corrected chi connectivity index (χ4v) is 3.79. The third-order valence-electron chi connectivity index (χ3n) is 6.76. The SMILES string of the molecule is CC1CO1.COC(=O)OCC(C)OC(=O)OCC(C)CCCC(=O)OCc1ccccc1.O=C(CCCC1CO1)OCc1ccccc1.O=C=O. The molecule has 2 saturated heterocycles. The van der Waals surface area contributed by atoms with Crippen molar-refractivity contribution in [1.82, 2.24) is 0 Å². The first-order chi connectivity index (χ1) is 24.6. The van der Waals surface area contributed by atoms with Crippen LogP contribution in [0, 0.1) is 5.92 Å². The number of hydrogen-bond donors (Lipinski definition) is 0. The number of epoxide rings is 2. The van der Waals surface area contributed by atoms with Gasteiger partial charge in [0.15, 0.2) is 0 Å². The van der Waals surface area contributed by atoms with Crippen molar-refractivity contribution in [3.63, 3.8) is 0 Å². The second-order valence-electron chi connectivity index (χ2n) is 11.6. The molecule has 0 bridgehead atoms. The van der Waals surface area contributed by atoms with E-state index in [1.807, 2.05) is 67.6 Å². The van der Waals surface area contributed by atoms with Gasteiger partial charge in [-0.25, -0.2) is 9.59 Å². The van der Waals surface area contributed by atoms with Crippen molar-refractivity contribution in [3.05, 3.63) is 71.8 Å². The summed E-state index contributed by atoms with van der Waals surface area (Å²) in [6, 6.07) is 19.2. The Labute approximate surface area is 298 Å². The summed E-state index contributed by atoms with van der Waals surface area (Å²) in [5.74, 6) is -0.309. The van der Waals surface area contributed by atoms with E-state index in [1.54, 1.807) is 6.92 Å². The maximum atomic E-state index is 11.7. The van der Waals surface area contributed by atoms with Crippen molar-refractivity contribution >= 4 is 30.4 Å². The largest absolute Gasteiger partial charge is 0.508 e. The molecule has 2 aromatic rings. The molecule has 4 rings (SSSR count). The minimum Gasteiger partial charge on any atom is -0.461 e.